The molecule has 0 saturated carbocycles. The summed E-state index contributed by atoms with van der Waals surface area (Å²) in [6, 6.07) is 19.1. The van der Waals surface area contributed by atoms with Crippen LogP contribution in [0.2, 0.25) is 0 Å². The van der Waals surface area contributed by atoms with Crippen molar-refractivity contribution in [1.29, 1.82) is 0 Å². The average Bonchev–Trinajstić information content (AvgIpc) is 2.90. The standard InChI is InChI=1S/C27H29N3O5/c1-5-33-25-16-21(34-18-20-11-9-13-24(31-3)26(20)32-4)14-15-23(25)30(35-6-2)27-28-17-19-10-7-8-12-22(19)29-27/h7-17H,5-6,18H2,1-4H3. The molecule has 0 aliphatic rings. The monoisotopic (exact) mass is 475 g/mol. The second-order valence-corrected chi connectivity index (χ2v) is 7.44. The quantitative estimate of drug-likeness (QED) is 0.255. The number of hydrogen-bond acceptors (Lipinski definition) is 8. The molecule has 1 aromatic heterocycles. The molecule has 3 aromatic carbocycles. The van der Waals surface area contributed by atoms with Gasteiger partial charge in [0.15, 0.2) is 11.5 Å². The zero-order valence-corrected chi connectivity index (χ0v) is 20.4. The number of aromatic nitrogens is 2. The Morgan fingerprint density at radius 2 is 1.69 bits per heavy atom. The van der Waals surface area contributed by atoms with E-state index >= 15 is 0 Å². The number of hydrogen-bond donors (Lipinski definition) is 0. The highest BCUT2D eigenvalue weighted by atomic mass is 16.7. The number of methoxy groups -OCH3 is 2. The van der Waals surface area contributed by atoms with Crippen molar-refractivity contribution in [3.8, 4) is 23.0 Å². The van der Waals surface area contributed by atoms with Gasteiger partial charge in [-0.1, -0.05) is 30.3 Å². The van der Waals surface area contributed by atoms with Gasteiger partial charge in [-0.05, 0) is 38.1 Å². The molecule has 0 spiro atoms. The molecule has 4 aromatic rings. The number of fused-ring (bicyclic) bond motifs is 1. The van der Waals surface area contributed by atoms with Gasteiger partial charge in [0.25, 0.3) is 5.95 Å². The maximum atomic E-state index is 6.07. The van der Waals surface area contributed by atoms with Gasteiger partial charge in [-0.3, -0.25) is 4.84 Å². The van der Waals surface area contributed by atoms with Crippen LogP contribution in [-0.4, -0.2) is 37.4 Å². The number of rotatable bonds is 11. The van der Waals surface area contributed by atoms with E-state index in [0.29, 0.717) is 54.5 Å². The molecule has 0 N–H and O–H groups in total. The minimum Gasteiger partial charge on any atom is -0.493 e. The number of ether oxygens (including phenoxy) is 4. The lowest BCUT2D eigenvalue weighted by Crippen LogP contribution is -2.21. The third kappa shape index (κ3) is 5.38. The van der Waals surface area contributed by atoms with E-state index in [-0.39, 0.29) is 0 Å². The first-order valence-electron chi connectivity index (χ1n) is 11.4. The lowest BCUT2D eigenvalue weighted by Gasteiger charge is -2.24. The van der Waals surface area contributed by atoms with E-state index in [2.05, 4.69) is 9.97 Å². The normalized spacial score (nSPS) is 10.7. The molecule has 8 nitrogen and oxygen atoms in total. The summed E-state index contributed by atoms with van der Waals surface area (Å²) in [6.45, 7) is 5.03. The minimum absolute atomic E-state index is 0.300. The zero-order chi connectivity index (χ0) is 24.6. The van der Waals surface area contributed by atoms with Gasteiger partial charge < -0.3 is 18.9 Å². The summed E-state index contributed by atoms with van der Waals surface area (Å²) in [5.74, 6) is 2.95. The third-order valence-corrected chi connectivity index (χ3v) is 5.24. The molecule has 4 rings (SSSR count). The highest BCUT2D eigenvalue weighted by Crippen LogP contribution is 2.37. The van der Waals surface area contributed by atoms with Gasteiger partial charge in [0.2, 0.25) is 0 Å². The Morgan fingerprint density at radius 1 is 0.829 bits per heavy atom. The molecule has 0 aliphatic heterocycles. The van der Waals surface area contributed by atoms with Gasteiger partial charge in [-0.15, -0.1) is 0 Å². The van der Waals surface area contributed by atoms with E-state index in [1.165, 1.54) is 0 Å². The molecule has 0 saturated heterocycles. The van der Waals surface area contributed by atoms with Crippen molar-refractivity contribution in [2.45, 2.75) is 20.5 Å². The zero-order valence-electron chi connectivity index (χ0n) is 20.4. The van der Waals surface area contributed by atoms with E-state index in [0.717, 1.165) is 16.5 Å². The van der Waals surface area contributed by atoms with Crippen molar-refractivity contribution in [1.82, 2.24) is 9.97 Å². The van der Waals surface area contributed by atoms with Gasteiger partial charge in [-0.25, -0.2) is 9.97 Å². The molecule has 0 aliphatic carbocycles. The van der Waals surface area contributed by atoms with Crippen molar-refractivity contribution in [3.05, 3.63) is 72.4 Å². The summed E-state index contributed by atoms with van der Waals surface area (Å²) < 4.78 is 22.9. The molecular formula is C27H29N3O5. The maximum Gasteiger partial charge on any atom is 0.255 e. The van der Waals surface area contributed by atoms with E-state index in [1.54, 1.807) is 25.5 Å². The molecule has 0 bridgehead atoms. The van der Waals surface area contributed by atoms with Crippen LogP contribution in [0.15, 0.2) is 66.9 Å². The number of para-hydroxylation sites is 2. The van der Waals surface area contributed by atoms with Gasteiger partial charge >= 0.3 is 0 Å². The van der Waals surface area contributed by atoms with E-state index in [1.807, 2.05) is 74.5 Å². The van der Waals surface area contributed by atoms with Crippen molar-refractivity contribution >= 4 is 22.5 Å². The Labute approximate surface area is 205 Å². The summed E-state index contributed by atoms with van der Waals surface area (Å²) in [4.78, 5) is 15.1. The van der Waals surface area contributed by atoms with Crippen molar-refractivity contribution in [2.75, 3.05) is 32.5 Å². The molecular weight excluding hydrogens is 446 g/mol. The lowest BCUT2D eigenvalue weighted by atomic mass is 10.2. The van der Waals surface area contributed by atoms with Crippen LogP contribution in [0.4, 0.5) is 11.6 Å². The third-order valence-electron chi connectivity index (χ3n) is 5.24. The van der Waals surface area contributed by atoms with E-state index < -0.39 is 0 Å². The van der Waals surface area contributed by atoms with Crippen molar-refractivity contribution in [3.63, 3.8) is 0 Å². The second-order valence-electron chi connectivity index (χ2n) is 7.44. The topological polar surface area (TPSA) is 75.2 Å². The molecule has 0 fully saturated rings. The number of benzene rings is 3. The molecule has 35 heavy (non-hydrogen) atoms. The summed E-state index contributed by atoms with van der Waals surface area (Å²) in [5, 5.41) is 2.54. The largest absolute Gasteiger partial charge is 0.493 e. The van der Waals surface area contributed by atoms with E-state index in [9.17, 15) is 0 Å². The van der Waals surface area contributed by atoms with Crippen molar-refractivity contribution < 1.29 is 23.8 Å². The summed E-state index contributed by atoms with van der Waals surface area (Å²) in [5.41, 5.74) is 2.37. The van der Waals surface area contributed by atoms with Gasteiger partial charge in [0.1, 0.15) is 23.8 Å². The molecule has 0 atom stereocenters. The van der Waals surface area contributed by atoms with Crippen LogP contribution in [0.25, 0.3) is 10.9 Å². The van der Waals surface area contributed by atoms with E-state index in [4.69, 9.17) is 23.8 Å². The first kappa shape index (κ1) is 24.1. The lowest BCUT2D eigenvalue weighted by molar-refractivity contribution is 0.143. The van der Waals surface area contributed by atoms with Crippen LogP contribution >= 0.6 is 0 Å². The highest BCUT2D eigenvalue weighted by Gasteiger charge is 2.20. The molecule has 0 amide bonds. The molecule has 1 heterocycles. The predicted octanol–water partition coefficient (Wildman–Crippen LogP) is 5.71. The Hall–Kier alpha value is -4.04. The summed E-state index contributed by atoms with van der Waals surface area (Å²) in [6.07, 6.45) is 1.78. The Morgan fingerprint density at radius 3 is 2.46 bits per heavy atom. The fourth-order valence-corrected chi connectivity index (χ4v) is 3.68. The Kier molecular flexibility index (Phi) is 7.84. The molecule has 8 heteroatoms. The first-order valence-corrected chi connectivity index (χ1v) is 11.4. The molecule has 0 unspecified atom stereocenters. The SMILES string of the molecule is CCOc1cc(OCc2cccc(OC)c2OC)ccc1N(OCC)c1ncc2ccccc2n1. The summed E-state index contributed by atoms with van der Waals surface area (Å²) >= 11 is 0. The van der Waals surface area contributed by atoms with Gasteiger partial charge in [0.05, 0.1) is 33.0 Å². The number of nitrogens with zero attached hydrogens (tertiary/aromatic N) is 3. The summed E-state index contributed by atoms with van der Waals surface area (Å²) in [7, 11) is 3.22. The number of anilines is 2. The first-order chi connectivity index (χ1) is 17.2. The average molecular weight is 476 g/mol. The van der Waals surface area contributed by atoms with Crippen LogP contribution in [0, 0.1) is 0 Å². The van der Waals surface area contributed by atoms with Gasteiger partial charge in [-0.2, -0.15) is 5.06 Å². The molecule has 182 valence electrons. The predicted molar refractivity (Wildman–Crippen MR) is 135 cm³/mol. The Balaban J connectivity index is 1.63. The minimum atomic E-state index is 0.300. The fraction of sp³-hybridized carbons (Fsp3) is 0.259. The van der Waals surface area contributed by atoms with Crippen molar-refractivity contribution in [2.24, 2.45) is 0 Å². The van der Waals surface area contributed by atoms with Crippen LogP contribution < -0.4 is 24.0 Å². The Bertz CT molecular complexity index is 1280. The van der Waals surface area contributed by atoms with Crippen LogP contribution in [-0.2, 0) is 11.4 Å². The van der Waals surface area contributed by atoms with Crippen LogP contribution in [0.5, 0.6) is 23.0 Å². The smallest absolute Gasteiger partial charge is 0.255 e. The second kappa shape index (κ2) is 11.4. The maximum absolute atomic E-state index is 6.07. The van der Waals surface area contributed by atoms with Crippen LogP contribution in [0.3, 0.4) is 0 Å². The van der Waals surface area contributed by atoms with Gasteiger partial charge in [0, 0.05) is 23.2 Å². The fourth-order valence-electron chi connectivity index (χ4n) is 3.68. The van der Waals surface area contributed by atoms with Crippen LogP contribution in [0.1, 0.15) is 19.4 Å². The molecule has 0 radical (unpaired) electrons. The highest BCUT2D eigenvalue weighted by molar-refractivity contribution is 5.79.